The summed E-state index contributed by atoms with van der Waals surface area (Å²) >= 11 is 0. The van der Waals surface area contributed by atoms with Gasteiger partial charge in [-0.05, 0) is 24.1 Å². The van der Waals surface area contributed by atoms with E-state index < -0.39 is 12.1 Å². The molecule has 2 saturated heterocycles. The molecule has 0 aliphatic carbocycles. The summed E-state index contributed by atoms with van der Waals surface area (Å²) in [6.07, 6.45) is -3.24. The lowest BCUT2D eigenvalue weighted by molar-refractivity contribution is -0.192. The molecule has 1 amide bonds. The molecule has 2 heterocycles. The number of hydrogen-bond acceptors (Lipinski definition) is 5. The highest BCUT2D eigenvalue weighted by Gasteiger charge is 2.42. The van der Waals surface area contributed by atoms with Gasteiger partial charge >= 0.3 is 12.1 Å². The molecule has 2 aliphatic heterocycles. The Morgan fingerprint density at radius 3 is 2.59 bits per heavy atom. The van der Waals surface area contributed by atoms with Crippen LogP contribution in [0.4, 0.5) is 13.2 Å². The van der Waals surface area contributed by atoms with E-state index in [0.29, 0.717) is 12.3 Å². The third kappa shape index (κ3) is 6.90. The number of ether oxygens (including phenoxy) is 2. The molecule has 0 saturated carbocycles. The van der Waals surface area contributed by atoms with Crippen molar-refractivity contribution in [2.75, 3.05) is 27.2 Å². The van der Waals surface area contributed by atoms with E-state index in [4.69, 9.17) is 19.4 Å². The van der Waals surface area contributed by atoms with Crippen molar-refractivity contribution in [1.82, 2.24) is 10.2 Å². The summed E-state index contributed by atoms with van der Waals surface area (Å²) in [5.41, 5.74) is 1.27. The molecule has 7 nitrogen and oxygen atoms in total. The minimum absolute atomic E-state index is 0.0678. The minimum Gasteiger partial charge on any atom is -0.497 e. The molecule has 2 aliphatic rings. The zero-order valence-electron chi connectivity index (χ0n) is 16.2. The predicted octanol–water partition coefficient (Wildman–Crippen LogP) is 2.05. The van der Waals surface area contributed by atoms with Crippen molar-refractivity contribution in [3.63, 3.8) is 0 Å². The minimum atomic E-state index is -5.08. The highest BCUT2D eigenvalue weighted by molar-refractivity contribution is 5.76. The molecule has 1 aromatic rings. The maximum atomic E-state index is 11.4. The summed E-state index contributed by atoms with van der Waals surface area (Å²) in [6.45, 7) is 2.92. The number of hydrogen-bond donors (Lipinski definition) is 2. The van der Waals surface area contributed by atoms with Crippen LogP contribution in [0.5, 0.6) is 5.75 Å². The van der Waals surface area contributed by atoms with Crippen molar-refractivity contribution in [2.45, 2.75) is 37.8 Å². The van der Waals surface area contributed by atoms with Crippen LogP contribution < -0.4 is 10.1 Å². The van der Waals surface area contributed by atoms with E-state index in [-0.39, 0.29) is 18.1 Å². The fourth-order valence-electron chi connectivity index (χ4n) is 3.55. The van der Waals surface area contributed by atoms with Gasteiger partial charge in [0.15, 0.2) is 0 Å². The molecule has 2 fully saturated rings. The first-order valence-corrected chi connectivity index (χ1v) is 9.13. The number of nitrogens with one attached hydrogen (secondary N) is 1. The van der Waals surface area contributed by atoms with E-state index in [2.05, 4.69) is 22.3 Å². The SMILES string of the molecule is CNC(=O)C[C@H]1C[C@H]2CN(Cc3cccc(OC)c3)C[C@H]2O1.O=C(O)C(F)(F)F. The molecular weight excluding hydrogens is 393 g/mol. The van der Waals surface area contributed by atoms with Gasteiger partial charge in [0.25, 0.3) is 0 Å². The Morgan fingerprint density at radius 1 is 1.34 bits per heavy atom. The Hall–Kier alpha value is -2.33. The largest absolute Gasteiger partial charge is 0.497 e. The van der Waals surface area contributed by atoms with Crippen LogP contribution in [0, 0.1) is 5.92 Å². The molecule has 0 radical (unpaired) electrons. The molecule has 3 rings (SSSR count). The van der Waals surface area contributed by atoms with Gasteiger partial charge in [0.05, 0.1) is 25.7 Å². The molecule has 0 aromatic heterocycles. The monoisotopic (exact) mass is 418 g/mol. The van der Waals surface area contributed by atoms with Gasteiger partial charge in [-0.3, -0.25) is 9.69 Å². The molecule has 10 heteroatoms. The van der Waals surface area contributed by atoms with Crippen LogP contribution in [0.1, 0.15) is 18.4 Å². The number of carboxylic acids is 1. The van der Waals surface area contributed by atoms with E-state index in [9.17, 15) is 18.0 Å². The third-order valence-electron chi connectivity index (χ3n) is 4.86. The zero-order chi connectivity index (χ0) is 21.6. The number of likely N-dealkylation sites (tertiary alicyclic amines) is 1. The van der Waals surface area contributed by atoms with Crippen LogP contribution in [0.3, 0.4) is 0 Å². The number of nitrogens with zero attached hydrogens (tertiary/aromatic N) is 1. The summed E-state index contributed by atoms with van der Waals surface area (Å²) in [6, 6.07) is 8.21. The van der Waals surface area contributed by atoms with E-state index in [1.807, 2.05) is 12.1 Å². The second-order valence-electron chi connectivity index (χ2n) is 7.02. The smallest absolute Gasteiger partial charge is 0.490 e. The quantitative estimate of drug-likeness (QED) is 0.761. The molecule has 1 aromatic carbocycles. The molecule has 3 atom stereocenters. The standard InChI is InChI=1S/C17H24N2O3.C2HF3O2/c1-18-17(20)8-15-7-13-10-19(11-16(13)22-15)9-12-4-3-5-14(6-12)21-2;3-2(4,5)1(6)7/h3-6,13,15-16H,7-11H2,1-2H3,(H,18,20);(H,6,7)/t13-,15+,16+;/m0./s1. The number of rotatable bonds is 5. The summed E-state index contributed by atoms with van der Waals surface area (Å²) < 4.78 is 43.1. The van der Waals surface area contributed by atoms with Gasteiger partial charge in [-0.25, -0.2) is 4.79 Å². The third-order valence-corrected chi connectivity index (χ3v) is 4.86. The normalized spacial score (nSPS) is 23.7. The number of benzene rings is 1. The highest BCUT2D eigenvalue weighted by atomic mass is 19.4. The van der Waals surface area contributed by atoms with Gasteiger partial charge < -0.3 is 19.9 Å². The molecule has 29 heavy (non-hydrogen) atoms. The van der Waals surface area contributed by atoms with Gasteiger partial charge in [-0.1, -0.05) is 12.1 Å². The van der Waals surface area contributed by atoms with Crippen LogP contribution in [0.2, 0.25) is 0 Å². The number of fused-ring (bicyclic) bond motifs is 1. The van der Waals surface area contributed by atoms with Crippen molar-refractivity contribution < 1.29 is 37.3 Å². The van der Waals surface area contributed by atoms with E-state index in [1.165, 1.54) is 5.56 Å². The predicted molar refractivity (Wildman–Crippen MR) is 97.4 cm³/mol. The summed E-state index contributed by atoms with van der Waals surface area (Å²) in [7, 11) is 3.37. The number of alkyl halides is 3. The Kier molecular flexibility index (Phi) is 7.86. The molecule has 0 unspecified atom stereocenters. The van der Waals surface area contributed by atoms with E-state index >= 15 is 0 Å². The van der Waals surface area contributed by atoms with Gasteiger partial charge in [0.1, 0.15) is 5.75 Å². The molecule has 0 spiro atoms. The van der Waals surface area contributed by atoms with Gasteiger partial charge in [-0.15, -0.1) is 0 Å². The number of carboxylic acid groups (broad SMARTS) is 1. The zero-order valence-corrected chi connectivity index (χ0v) is 16.2. The summed E-state index contributed by atoms with van der Waals surface area (Å²) in [5, 5.41) is 9.79. The van der Waals surface area contributed by atoms with Gasteiger partial charge in [-0.2, -0.15) is 13.2 Å². The topological polar surface area (TPSA) is 88.1 Å². The van der Waals surface area contributed by atoms with E-state index in [0.717, 1.165) is 31.8 Å². The van der Waals surface area contributed by atoms with Crippen LogP contribution in [-0.2, 0) is 20.9 Å². The number of amides is 1. The molecule has 162 valence electrons. The number of methoxy groups -OCH3 is 1. The lowest BCUT2D eigenvalue weighted by Gasteiger charge is -2.19. The molecule has 2 N–H and O–H groups in total. The van der Waals surface area contributed by atoms with Crippen molar-refractivity contribution in [1.29, 1.82) is 0 Å². The first-order valence-electron chi connectivity index (χ1n) is 9.13. The van der Waals surface area contributed by atoms with E-state index in [1.54, 1.807) is 14.2 Å². The number of carbonyl (C=O) groups excluding carboxylic acids is 1. The lowest BCUT2D eigenvalue weighted by atomic mass is 10.0. The van der Waals surface area contributed by atoms with Crippen LogP contribution in [0.25, 0.3) is 0 Å². The van der Waals surface area contributed by atoms with Crippen molar-refractivity contribution in [3.05, 3.63) is 29.8 Å². The van der Waals surface area contributed by atoms with Crippen molar-refractivity contribution in [3.8, 4) is 5.75 Å². The second-order valence-corrected chi connectivity index (χ2v) is 7.02. The highest BCUT2D eigenvalue weighted by Crippen LogP contribution is 2.35. The average Bonchev–Trinajstić information content (AvgIpc) is 3.19. The number of carbonyl (C=O) groups is 2. The van der Waals surface area contributed by atoms with Crippen LogP contribution in [0.15, 0.2) is 24.3 Å². The Morgan fingerprint density at radius 2 is 2.03 bits per heavy atom. The maximum Gasteiger partial charge on any atom is 0.490 e. The van der Waals surface area contributed by atoms with Crippen LogP contribution in [-0.4, -0.2) is 67.5 Å². The van der Waals surface area contributed by atoms with Gasteiger partial charge in [0.2, 0.25) is 5.91 Å². The fraction of sp³-hybridized carbons (Fsp3) is 0.579. The number of halogens is 3. The number of aliphatic carboxylic acids is 1. The summed E-state index contributed by atoms with van der Waals surface area (Å²) in [5.74, 6) is -1.23. The second kappa shape index (κ2) is 9.93. The molecular formula is C19H25F3N2O5. The first kappa shape index (κ1) is 23.0. The van der Waals surface area contributed by atoms with Gasteiger partial charge in [0, 0.05) is 32.6 Å². The first-order chi connectivity index (χ1) is 13.6. The Labute approximate surface area is 166 Å². The Balaban J connectivity index is 0.000000370. The summed E-state index contributed by atoms with van der Waals surface area (Å²) in [4.78, 5) is 22.8. The lowest BCUT2D eigenvalue weighted by Crippen LogP contribution is -2.28. The van der Waals surface area contributed by atoms with Crippen molar-refractivity contribution >= 4 is 11.9 Å². The fourth-order valence-corrected chi connectivity index (χ4v) is 3.55. The average molecular weight is 418 g/mol. The Bertz CT molecular complexity index is 699. The van der Waals surface area contributed by atoms with Crippen molar-refractivity contribution in [2.24, 2.45) is 5.92 Å². The maximum absolute atomic E-state index is 11.4. The van der Waals surface area contributed by atoms with Crippen LogP contribution >= 0.6 is 0 Å². The molecule has 0 bridgehead atoms.